The molecule has 2 heterocycles. The topological polar surface area (TPSA) is 62.7 Å². The van der Waals surface area contributed by atoms with Gasteiger partial charge in [-0.2, -0.15) is 0 Å². The summed E-state index contributed by atoms with van der Waals surface area (Å²) < 4.78 is 32.8. The van der Waals surface area contributed by atoms with Crippen molar-refractivity contribution < 1.29 is 23.4 Å². The number of carboxylic acid groups (broad SMARTS) is 1. The highest BCUT2D eigenvalue weighted by Crippen LogP contribution is 2.26. The number of carbonyl (C=O) groups is 1. The zero-order valence-corrected chi connectivity index (χ0v) is 11.4. The number of nitrogens with zero attached hydrogens (tertiary/aromatic N) is 2. The molecule has 0 unspecified atom stereocenters. The Morgan fingerprint density at radius 3 is 2.45 bits per heavy atom. The Hall–Kier alpha value is -2.70. The lowest BCUT2D eigenvalue weighted by Crippen LogP contribution is -2.55. The van der Waals surface area contributed by atoms with Gasteiger partial charge < -0.3 is 14.7 Å². The van der Waals surface area contributed by atoms with Gasteiger partial charge in [-0.25, -0.2) is 18.6 Å². The number of amides is 1. The molecule has 1 aliphatic rings. The maximum absolute atomic E-state index is 13.7. The van der Waals surface area contributed by atoms with Crippen LogP contribution < -0.4 is 4.74 Å². The molecule has 114 valence electrons. The molecular formula is C15H12F2N2O3. The van der Waals surface area contributed by atoms with Crippen molar-refractivity contribution in [3.8, 4) is 17.0 Å². The molecule has 0 aliphatic carbocycles. The third kappa shape index (κ3) is 2.69. The number of hydrogen-bond acceptors (Lipinski definition) is 3. The van der Waals surface area contributed by atoms with Gasteiger partial charge in [-0.05, 0) is 18.2 Å². The van der Waals surface area contributed by atoms with E-state index in [1.165, 1.54) is 41.4 Å². The lowest BCUT2D eigenvalue weighted by atomic mass is 10.1. The average Bonchev–Trinajstić information content (AvgIpc) is 2.43. The first kappa shape index (κ1) is 14.2. The van der Waals surface area contributed by atoms with Crippen LogP contribution in [0.2, 0.25) is 0 Å². The predicted molar refractivity (Wildman–Crippen MR) is 73.6 cm³/mol. The number of aromatic nitrogens is 1. The van der Waals surface area contributed by atoms with Crippen molar-refractivity contribution in [2.45, 2.75) is 6.10 Å². The van der Waals surface area contributed by atoms with E-state index in [1.807, 2.05) is 0 Å². The molecule has 1 aromatic heterocycles. The minimum absolute atomic E-state index is 0.137. The van der Waals surface area contributed by atoms with Crippen LogP contribution in [0.5, 0.6) is 5.88 Å². The zero-order valence-electron chi connectivity index (χ0n) is 11.4. The molecule has 22 heavy (non-hydrogen) atoms. The minimum Gasteiger partial charge on any atom is -0.471 e. The summed E-state index contributed by atoms with van der Waals surface area (Å²) in [6.07, 6.45) is 0.0857. The SMILES string of the molecule is O=C(O)N1CC(Oc2ccc(-c3c(F)cccc3F)cn2)C1. The Bertz CT molecular complexity index is 680. The first-order valence-corrected chi connectivity index (χ1v) is 6.59. The smallest absolute Gasteiger partial charge is 0.407 e. The van der Waals surface area contributed by atoms with E-state index in [1.54, 1.807) is 0 Å². The molecule has 5 nitrogen and oxygen atoms in total. The number of benzene rings is 1. The van der Waals surface area contributed by atoms with E-state index in [9.17, 15) is 13.6 Å². The van der Waals surface area contributed by atoms with Crippen LogP contribution in [0.25, 0.3) is 11.1 Å². The molecule has 0 spiro atoms. The van der Waals surface area contributed by atoms with Crippen LogP contribution in [-0.2, 0) is 0 Å². The largest absolute Gasteiger partial charge is 0.471 e. The standard InChI is InChI=1S/C15H12F2N2O3/c16-11-2-1-3-12(17)14(11)9-4-5-13(18-6-9)22-10-7-19(8-10)15(20)21/h1-6,10H,7-8H2,(H,20,21). The fourth-order valence-electron chi connectivity index (χ4n) is 2.21. The maximum Gasteiger partial charge on any atom is 0.407 e. The van der Waals surface area contributed by atoms with E-state index in [-0.39, 0.29) is 30.6 Å². The van der Waals surface area contributed by atoms with E-state index >= 15 is 0 Å². The van der Waals surface area contributed by atoms with Gasteiger partial charge >= 0.3 is 6.09 Å². The van der Waals surface area contributed by atoms with Crippen LogP contribution in [-0.4, -0.2) is 40.3 Å². The monoisotopic (exact) mass is 306 g/mol. The van der Waals surface area contributed by atoms with Gasteiger partial charge in [0.25, 0.3) is 0 Å². The summed E-state index contributed by atoms with van der Waals surface area (Å²) >= 11 is 0. The normalized spacial score (nSPS) is 14.5. The summed E-state index contributed by atoms with van der Waals surface area (Å²) in [7, 11) is 0. The Balaban J connectivity index is 1.70. The number of pyridine rings is 1. The number of likely N-dealkylation sites (tertiary alicyclic amines) is 1. The van der Waals surface area contributed by atoms with E-state index in [4.69, 9.17) is 9.84 Å². The maximum atomic E-state index is 13.7. The molecule has 0 saturated carbocycles. The molecule has 1 fully saturated rings. The summed E-state index contributed by atoms with van der Waals surface area (Å²) in [6, 6.07) is 6.67. The highest BCUT2D eigenvalue weighted by atomic mass is 19.1. The van der Waals surface area contributed by atoms with Crippen LogP contribution >= 0.6 is 0 Å². The van der Waals surface area contributed by atoms with Gasteiger partial charge in [0.1, 0.15) is 17.7 Å². The highest BCUT2D eigenvalue weighted by Gasteiger charge is 2.32. The number of hydrogen-bond donors (Lipinski definition) is 1. The van der Waals surface area contributed by atoms with Crippen molar-refractivity contribution in [2.75, 3.05) is 13.1 Å². The molecule has 1 saturated heterocycles. The van der Waals surface area contributed by atoms with Gasteiger partial charge in [0.2, 0.25) is 5.88 Å². The molecule has 1 amide bonds. The van der Waals surface area contributed by atoms with Crippen molar-refractivity contribution in [1.29, 1.82) is 0 Å². The summed E-state index contributed by atoms with van der Waals surface area (Å²) in [6.45, 7) is 0.557. The fraction of sp³-hybridized carbons (Fsp3) is 0.200. The van der Waals surface area contributed by atoms with Crippen LogP contribution in [0.15, 0.2) is 36.5 Å². The second-order valence-corrected chi connectivity index (χ2v) is 4.91. The summed E-state index contributed by atoms with van der Waals surface area (Å²) in [5.41, 5.74) is 0.172. The molecule has 0 atom stereocenters. The Kier molecular flexibility index (Phi) is 3.62. The van der Waals surface area contributed by atoms with Crippen molar-refractivity contribution in [3.05, 3.63) is 48.2 Å². The third-order valence-corrected chi connectivity index (χ3v) is 3.39. The van der Waals surface area contributed by atoms with Crippen LogP contribution in [0, 0.1) is 11.6 Å². The van der Waals surface area contributed by atoms with Gasteiger partial charge in [0.05, 0.1) is 18.7 Å². The fourth-order valence-corrected chi connectivity index (χ4v) is 2.21. The van der Waals surface area contributed by atoms with Gasteiger partial charge in [-0.3, -0.25) is 0 Å². The van der Waals surface area contributed by atoms with Crippen molar-refractivity contribution in [3.63, 3.8) is 0 Å². The molecule has 1 N–H and O–H groups in total. The highest BCUT2D eigenvalue weighted by molar-refractivity contribution is 5.66. The van der Waals surface area contributed by atoms with Crippen molar-refractivity contribution in [1.82, 2.24) is 9.88 Å². The minimum atomic E-state index is -0.988. The van der Waals surface area contributed by atoms with Gasteiger partial charge in [-0.15, -0.1) is 0 Å². The number of halogens is 2. The van der Waals surface area contributed by atoms with E-state index < -0.39 is 17.7 Å². The van der Waals surface area contributed by atoms with E-state index in [2.05, 4.69) is 4.98 Å². The lowest BCUT2D eigenvalue weighted by molar-refractivity contribution is 0.0228. The van der Waals surface area contributed by atoms with Gasteiger partial charge in [0, 0.05) is 17.8 Å². The Labute approximate surface area is 124 Å². The summed E-state index contributed by atoms with van der Waals surface area (Å²) in [4.78, 5) is 15.9. The molecule has 0 radical (unpaired) electrons. The molecule has 1 aliphatic heterocycles. The first-order chi connectivity index (χ1) is 10.5. The van der Waals surface area contributed by atoms with Gasteiger partial charge in [0.15, 0.2) is 0 Å². The molecule has 1 aromatic carbocycles. The van der Waals surface area contributed by atoms with Gasteiger partial charge in [-0.1, -0.05) is 6.07 Å². The third-order valence-electron chi connectivity index (χ3n) is 3.39. The Morgan fingerprint density at radius 1 is 1.23 bits per heavy atom. The summed E-state index contributed by atoms with van der Waals surface area (Å²) in [5, 5.41) is 8.72. The lowest BCUT2D eigenvalue weighted by Gasteiger charge is -2.36. The van der Waals surface area contributed by atoms with E-state index in [0.29, 0.717) is 5.56 Å². The second kappa shape index (κ2) is 5.59. The van der Waals surface area contributed by atoms with E-state index in [0.717, 1.165) is 0 Å². The molecule has 7 heteroatoms. The average molecular weight is 306 g/mol. The van der Waals surface area contributed by atoms with Crippen LogP contribution in [0.3, 0.4) is 0 Å². The quantitative estimate of drug-likeness (QED) is 0.947. The predicted octanol–water partition coefficient (Wildman–Crippen LogP) is 2.77. The van der Waals surface area contributed by atoms with Crippen molar-refractivity contribution in [2.24, 2.45) is 0 Å². The molecule has 3 rings (SSSR count). The van der Waals surface area contributed by atoms with Crippen molar-refractivity contribution >= 4 is 6.09 Å². The second-order valence-electron chi connectivity index (χ2n) is 4.91. The first-order valence-electron chi connectivity index (χ1n) is 6.59. The summed E-state index contributed by atoms with van der Waals surface area (Å²) in [5.74, 6) is -1.03. The number of ether oxygens (including phenoxy) is 1. The molecule has 2 aromatic rings. The van der Waals surface area contributed by atoms with Crippen LogP contribution in [0.4, 0.5) is 13.6 Å². The zero-order chi connectivity index (χ0) is 15.7. The number of rotatable bonds is 3. The van der Waals surface area contributed by atoms with Crippen LogP contribution in [0.1, 0.15) is 0 Å². The Morgan fingerprint density at radius 2 is 1.91 bits per heavy atom. The molecular weight excluding hydrogens is 294 g/mol. The molecule has 0 bridgehead atoms.